The van der Waals surface area contributed by atoms with Crippen molar-refractivity contribution in [2.75, 3.05) is 10.6 Å². The molecule has 5 rings (SSSR count). The summed E-state index contributed by atoms with van der Waals surface area (Å²) in [4.78, 5) is 28.7. The van der Waals surface area contributed by atoms with Crippen molar-refractivity contribution in [2.24, 2.45) is 11.8 Å². The first-order valence-electron chi connectivity index (χ1n) is 12.1. The van der Waals surface area contributed by atoms with Crippen molar-refractivity contribution in [1.29, 1.82) is 0 Å². The van der Waals surface area contributed by atoms with Gasteiger partial charge in [0.05, 0.1) is 0 Å². The lowest BCUT2D eigenvalue weighted by atomic mass is 9.82. The van der Waals surface area contributed by atoms with E-state index >= 15 is 0 Å². The van der Waals surface area contributed by atoms with Gasteiger partial charge in [0.2, 0.25) is 5.91 Å². The Labute approximate surface area is 209 Å². The molecule has 1 aromatic heterocycles. The lowest BCUT2D eigenvalue weighted by Gasteiger charge is -2.25. The third-order valence-electron chi connectivity index (χ3n) is 6.84. The van der Waals surface area contributed by atoms with Crippen LogP contribution in [0.2, 0.25) is 5.02 Å². The van der Waals surface area contributed by atoms with Gasteiger partial charge in [0.15, 0.2) is 0 Å². The van der Waals surface area contributed by atoms with Crippen molar-refractivity contribution in [2.45, 2.75) is 32.6 Å². The number of halogens is 1. The Hall–Kier alpha value is -3.57. The van der Waals surface area contributed by atoms with Crippen LogP contribution in [0.3, 0.4) is 0 Å². The highest BCUT2D eigenvalue weighted by molar-refractivity contribution is 6.30. The molecule has 0 aliphatic heterocycles. The normalized spacial score (nSPS) is 17.8. The van der Waals surface area contributed by atoms with Crippen molar-refractivity contribution < 1.29 is 9.59 Å². The van der Waals surface area contributed by atoms with Crippen LogP contribution in [0.1, 0.15) is 43.0 Å². The Kier molecular flexibility index (Phi) is 6.60. The van der Waals surface area contributed by atoms with Gasteiger partial charge in [-0.05, 0) is 97.8 Å². The van der Waals surface area contributed by atoms with E-state index in [2.05, 4.69) is 22.5 Å². The molecule has 0 unspecified atom stereocenters. The first kappa shape index (κ1) is 23.2. The Morgan fingerprint density at radius 1 is 0.829 bits per heavy atom. The molecule has 1 fully saturated rings. The molecule has 1 aliphatic carbocycles. The number of nitrogens with one attached hydrogen (secondary N) is 3. The quantitative estimate of drug-likeness (QED) is 0.273. The summed E-state index contributed by atoms with van der Waals surface area (Å²) in [5, 5.41) is 7.54. The second-order valence-electron chi connectivity index (χ2n) is 9.47. The molecular weight excluding hydrogens is 458 g/mol. The molecule has 3 N–H and O–H groups in total. The third-order valence-corrected chi connectivity index (χ3v) is 7.09. The first-order valence-corrected chi connectivity index (χ1v) is 12.4. The summed E-state index contributed by atoms with van der Waals surface area (Å²) in [7, 11) is 0. The molecule has 0 spiro atoms. The zero-order chi connectivity index (χ0) is 24.4. The van der Waals surface area contributed by atoms with Gasteiger partial charge in [-0.25, -0.2) is 0 Å². The average Bonchev–Trinajstić information content (AvgIpc) is 3.30. The summed E-state index contributed by atoms with van der Waals surface area (Å²) < 4.78 is 0. The van der Waals surface area contributed by atoms with Gasteiger partial charge >= 0.3 is 0 Å². The topological polar surface area (TPSA) is 74.0 Å². The second kappa shape index (κ2) is 9.96. The maximum absolute atomic E-state index is 12.7. The van der Waals surface area contributed by atoms with Gasteiger partial charge in [-0.1, -0.05) is 30.7 Å². The molecule has 5 nitrogen and oxygen atoms in total. The van der Waals surface area contributed by atoms with Crippen molar-refractivity contribution in [3.8, 4) is 11.3 Å². The van der Waals surface area contributed by atoms with Crippen molar-refractivity contribution in [3.63, 3.8) is 0 Å². The van der Waals surface area contributed by atoms with Crippen LogP contribution in [-0.4, -0.2) is 16.8 Å². The fourth-order valence-electron chi connectivity index (χ4n) is 4.67. The number of benzene rings is 3. The molecule has 35 heavy (non-hydrogen) atoms. The molecule has 1 heterocycles. The van der Waals surface area contributed by atoms with Gasteiger partial charge in [-0.3, -0.25) is 9.59 Å². The zero-order valence-corrected chi connectivity index (χ0v) is 20.4. The molecule has 1 aliphatic rings. The fraction of sp³-hybridized carbons (Fsp3) is 0.241. The number of carbonyl (C=O) groups excluding carboxylic acids is 2. The summed E-state index contributed by atoms with van der Waals surface area (Å²) >= 11 is 5.92. The number of carbonyl (C=O) groups is 2. The molecule has 1 saturated carbocycles. The van der Waals surface area contributed by atoms with Gasteiger partial charge in [-0.2, -0.15) is 0 Å². The van der Waals surface area contributed by atoms with Gasteiger partial charge in [-0.15, -0.1) is 0 Å². The number of hydrogen-bond acceptors (Lipinski definition) is 2. The first-order chi connectivity index (χ1) is 16.9. The summed E-state index contributed by atoms with van der Waals surface area (Å²) in [6.07, 6.45) is 4.20. The lowest BCUT2D eigenvalue weighted by molar-refractivity contribution is -0.121. The number of anilines is 2. The van der Waals surface area contributed by atoms with Crippen LogP contribution < -0.4 is 10.6 Å². The number of rotatable bonds is 5. The largest absolute Gasteiger partial charge is 0.355 e. The van der Waals surface area contributed by atoms with Gasteiger partial charge < -0.3 is 15.6 Å². The van der Waals surface area contributed by atoms with Gasteiger partial charge in [0, 0.05) is 44.5 Å². The minimum atomic E-state index is -0.176. The van der Waals surface area contributed by atoms with Gasteiger partial charge in [0.1, 0.15) is 0 Å². The van der Waals surface area contributed by atoms with E-state index in [0.29, 0.717) is 16.3 Å². The van der Waals surface area contributed by atoms with Crippen LogP contribution in [0, 0.1) is 11.8 Å². The second-order valence-corrected chi connectivity index (χ2v) is 9.91. The standard InChI is InChI=1S/C29H28ClN3O2/c1-18-2-4-20(5-3-18)28(34)31-24-11-6-19(7-12-24)27-17-22-16-21(8-15-26(22)33-27)29(35)32-25-13-9-23(30)10-14-25/h6-18,20,33H,2-5H2,1H3,(H,31,34)(H,32,35). The molecular formula is C29H28ClN3O2. The summed E-state index contributed by atoms with van der Waals surface area (Å²) in [5.41, 5.74) is 5.00. The number of aromatic nitrogens is 1. The number of fused-ring (bicyclic) bond motifs is 1. The predicted molar refractivity (Wildman–Crippen MR) is 143 cm³/mol. The monoisotopic (exact) mass is 485 g/mol. The number of hydrogen-bond donors (Lipinski definition) is 3. The summed E-state index contributed by atoms with van der Waals surface area (Å²) in [6, 6.07) is 22.5. The van der Waals surface area contributed by atoms with Crippen LogP contribution in [0.25, 0.3) is 22.2 Å². The predicted octanol–water partition coefficient (Wildman–Crippen LogP) is 7.51. The minimum Gasteiger partial charge on any atom is -0.355 e. The highest BCUT2D eigenvalue weighted by atomic mass is 35.5. The van der Waals surface area contributed by atoms with E-state index in [0.717, 1.165) is 59.4 Å². The number of amides is 2. The smallest absolute Gasteiger partial charge is 0.255 e. The van der Waals surface area contributed by atoms with E-state index in [4.69, 9.17) is 11.6 Å². The Bertz CT molecular complexity index is 1350. The average molecular weight is 486 g/mol. The molecule has 2 amide bonds. The zero-order valence-electron chi connectivity index (χ0n) is 19.6. The van der Waals surface area contributed by atoms with Crippen LogP contribution >= 0.6 is 11.6 Å². The molecule has 0 bridgehead atoms. The van der Waals surface area contributed by atoms with Crippen molar-refractivity contribution in [1.82, 2.24) is 4.98 Å². The molecule has 0 radical (unpaired) electrons. The van der Waals surface area contributed by atoms with Crippen LogP contribution in [0.4, 0.5) is 11.4 Å². The number of aromatic amines is 1. The fourth-order valence-corrected chi connectivity index (χ4v) is 4.79. The van der Waals surface area contributed by atoms with Crippen LogP contribution in [-0.2, 0) is 4.79 Å². The maximum atomic E-state index is 12.7. The van der Waals surface area contributed by atoms with E-state index in [-0.39, 0.29) is 17.7 Å². The summed E-state index contributed by atoms with van der Waals surface area (Å²) in [6.45, 7) is 2.26. The third kappa shape index (κ3) is 5.41. The van der Waals surface area contributed by atoms with Gasteiger partial charge in [0.25, 0.3) is 5.91 Å². The van der Waals surface area contributed by atoms with Crippen molar-refractivity contribution >= 4 is 45.7 Å². The molecule has 6 heteroatoms. The Morgan fingerprint density at radius 3 is 2.20 bits per heavy atom. The molecule has 3 aromatic carbocycles. The van der Waals surface area contributed by atoms with E-state index in [1.165, 1.54) is 0 Å². The molecule has 0 saturated heterocycles. The van der Waals surface area contributed by atoms with E-state index in [1.54, 1.807) is 30.3 Å². The SMILES string of the molecule is CC1CCC(C(=O)Nc2ccc(-c3cc4cc(C(=O)Nc5ccc(Cl)cc5)ccc4[nH]3)cc2)CC1. The molecule has 178 valence electrons. The minimum absolute atomic E-state index is 0.116. The highest BCUT2D eigenvalue weighted by Gasteiger charge is 2.24. The van der Waals surface area contributed by atoms with E-state index in [1.807, 2.05) is 42.5 Å². The van der Waals surface area contributed by atoms with Crippen LogP contribution in [0.15, 0.2) is 72.8 Å². The lowest BCUT2D eigenvalue weighted by Crippen LogP contribution is -2.26. The highest BCUT2D eigenvalue weighted by Crippen LogP contribution is 2.30. The van der Waals surface area contributed by atoms with E-state index in [9.17, 15) is 9.59 Å². The Morgan fingerprint density at radius 2 is 1.49 bits per heavy atom. The molecule has 4 aromatic rings. The summed E-state index contributed by atoms with van der Waals surface area (Å²) in [5.74, 6) is 0.790. The Balaban J connectivity index is 1.27. The maximum Gasteiger partial charge on any atom is 0.255 e. The van der Waals surface area contributed by atoms with Crippen molar-refractivity contribution in [3.05, 3.63) is 83.4 Å². The van der Waals surface area contributed by atoms with E-state index < -0.39 is 0 Å². The van der Waals surface area contributed by atoms with Crippen LogP contribution in [0.5, 0.6) is 0 Å². The number of H-pyrrole nitrogens is 1. The molecule has 0 atom stereocenters.